The highest BCUT2D eigenvalue weighted by Gasteiger charge is 2.08. The van der Waals surface area contributed by atoms with Crippen LogP contribution in [0.4, 0.5) is 0 Å². The number of oxazole rings is 1. The Morgan fingerprint density at radius 3 is 2.93 bits per heavy atom. The van der Waals surface area contributed by atoms with Crippen LogP contribution in [-0.4, -0.2) is 11.0 Å². The lowest BCUT2D eigenvalue weighted by atomic mass is 10.2. The van der Waals surface area contributed by atoms with Gasteiger partial charge in [0.25, 0.3) is 0 Å². The van der Waals surface area contributed by atoms with Gasteiger partial charge in [0.05, 0.1) is 0 Å². The van der Waals surface area contributed by atoms with Crippen molar-refractivity contribution in [2.75, 3.05) is 0 Å². The molecule has 0 bridgehead atoms. The van der Waals surface area contributed by atoms with Gasteiger partial charge in [-0.15, -0.1) is 0 Å². The highest BCUT2D eigenvalue weighted by molar-refractivity contribution is 5.72. The molecule has 2 aromatic rings. The summed E-state index contributed by atoms with van der Waals surface area (Å²) in [7, 11) is 0. The topological polar surface area (TPSA) is 52.0 Å². The number of nitrogens with two attached hydrogens (primary N) is 1. The SMILES string of the molecule is CC[C@H](N)Cc1nc2ccccc2o1. The molecule has 3 nitrogen and oxygen atoms in total. The number of nitrogens with zero attached hydrogens (tertiary/aromatic N) is 1. The Morgan fingerprint density at radius 2 is 2.21 bits per heavy atom. The molecule has 0 unspecified atom stereocenters. The fourth-order valence-corrected chi connectivity index (χ4v) is 1.38. The van der Waals surface area contributed by atoms with Gasteiger partial charge in [0.1, 0.15) is 5.52 Å². The fraction of sp³-hybridized carbons (Fsp3) is 0.364. The van der Waals surface area contributed by atoms with E-state index in [1.54, 1.807) is 0 Å². The van der Waals surface area contributed by atoms with Crippen LogP contribution in [0.1, 0.15) is 19.2 Å². The number of aromatic nitrogens is 1. The average molecular weight is 190 g/mol. The molecule has 0 radical (unpaired) electrons. The van der Waals surface area contributed by atoms with E-state index in [9.17, 15) is 0 Å². The smallest absolute Gasteiger partial charge is 0.197 e. The molecule has 3 heteroatoms. The minimum Gasteiger partial charge on any atom is -0.441 e. The van der Waals surface area contributed by atoms with E-state index in [0.29, 0.717) is 6.42 Å². The van der Waals surface area contributed by atoms with Gasteiger partial charge >= 0.3 is 0 Å². The molecule has 1 atom stereocenters. The fourth-order valence-electron chi connectivity index (χ4n) is 1.38. The van der Waals surface area contributed by atoms with Gasteiger partial charge in [-0.3, -0.25) is 0 Å². The number of fused-ring (bicyclic) bond motifs is 1. The third kappa shape index (κ3) is 1.77. The predicted molar refractivity (Wildman–Crippen MR) is 56.0 cm³/mol. The summed E-state index contributed by atoms with van der Waals surface area (Å²) in [4.78, 5) is 4.35. The standard InChI is InChI=1S/C11H14N2O/c1-2-8(12)7-11-13-9-5-3-4-6-10(9)14-11/h3-6,8H,2,7,12H2,1H3/t8-/m0/s1. The highest BCUT2D eigenvalue weighted by atomic mass is 16.3. The van der Waals surface area contributed by atoms with Crippen molar-refractivity contribution in [2.24, 2.45) is 5.73 Å². The summed E-state index contributed by atoms with van der Waals surface area (Å²) in [6.45, 7) is 2.06. The molecule has 0 aliphatic rings. The molecule has 0 saturated heterocycles. The summed E-state index contributed by atoms with van der Waals surface area (Å²) in [5, 5.41) is 0. The van der Waals surface area contributed by atoms with Crippen LogP contribution in [0, 0.1) is 0 Å². The van der Waals surface area contributed by atoms with Gasteiger partial charge in [-0.05, 0) is 18.6 Å². The molecule has 0 amide bonds. The Labute approximate surface area is 82.9 Å². The lowest BCUT2D eigenvalue weighted by Gasteiger charge is -2.03. The van der Waals surface area contributed by atoms with E-state index in [4.69, 9.17) is 10.2 Å². The van der Waals surface area contributed by atoms with Crippen molar-refractivity contribution in [1.29, 1.82) is 0 Å². The molecule has 2 N–H and O–H groups in total. The number of benzene rings is 1. The maximum Gasteiger partial charge on any atom is 0.197 e. The van der Waals surface area contributed by atoms with Crippen molar-refractivity contribution in [2.45, 2.75) is 25.8 Å². The van der Waals surface area contributed by atoms with E-state index < -0.39 is 0 Å². The quantitative estimate of drug-likeness (QED) is 0.806. The first-order valence-electron chi connectivity index (χ1n) is 4.89. The molecule has 2 rings (SSSR count). The van der Waals surface area contributed by atoms with E-state index >= 15 is 0 Å². The summed E-state index contributed by atoms with van der Waals surface area (Å²) < 4.78 is 5.55. The molecule has 0 aliphatic carbocycles. The second-order valence-electron chi connectivity index (χ2n) is 3.45. The summed E-state index contributed by atoms with van der Waals surface area (Å²) in [6, 6.07) is 7.90. The van der Waals surface area contributed by atoms with Crippen molar-refractivity contribution < 1.29 is 4.42 Å². The largest absolute Gasteiger partial charge is 0.441 e. The number of hydrogen-bond acceptors (Lipinski definition) is 3. The van der Waals surface area contributed by atoms with Crippen LogP contribution >= 0.6 is 0 Å². The molecule has 1 aromatic heterocycles. The molecule has 0 spiro atoms. The van der Waals surface area contributed by atoms with Crippen LogP contribution in [0.3, 0.4) is 0 Å². The van der Waals surface area contributed by atoms with E-state index in [1.165, 1.54) is 0 Å². The molecular formula is C11H14N2O. The first-order valence-corrected chi connectivity index (χ1v) is 4.89. The van der Waals surface area contributed by atoms with E-state index in [2.05, 4.69) is 11.9 Å². The minimum absolute atomic E-state index is 0.142. The third-order valence-electron chi connectivity index (χ3n) is 2.30. The zero-order valence-corrected chi connectivity index (χ0v) is 8.23. The normalized spacial score (nSPS) is 13.3. The van der Waals surface area contributed by atoms with Crippen LogP contribution in [0.2, 0.25) is 0 Å². The van der Waals surface area contributed by atoms with Gasteiger partial charge in [-0.2, -0.15) is 0 Å². The third-order valence-corrected chi connectivity index (χ3v) is 2.30. The molecule has 14 heavy (non-hydrogen) atoms. The van der Waals surface area contributed by atoms with Crippen molar-refractivity contribution in [3.63, 3.8) is 0 Å². The maximum absolute atomic E-state index is 5.83. The molecule has 1 heterocycles. The summed E-state index contributed by atoms with van der Waals surface area (Å²) >= 11 is 0. The zero-order valence-electron chi connectivity index (χ0n) is 8.23. The zero-order chi connectivity index (χ0) is 9.97. The van der Waals surface area contributed by atoms with Crippen molar-refractivity contribution >= 4 is 11.1 Å². The molecule has 0 saturated carbocycles. The van der Waals surface area contributed by atoms with Gasteiger partial charge in [0, 0.05) is 12.5 Å². The minimum atomic E-state index is 0.142. The van der Waals surface area contributed by atoms with E-state index in [-0.39, 0.29) is 6.04 Å². The molecule has 1 aromatic carbocycles. The van der Waals surface area contributed by atoms with Crippen LogP contribution in [0.5, 0.6) is 0 Å². The van der Waals surface area contributed by atoms with E-state index in [0.717, 1.165) is 23.4 Å². The lowest BCUT2D eigenvalue weighted by molar-refractivity contribution is 0.491. The van der Waals surface area contributed by atoms with Crippen molar-refractivity contribution in [3.05, 3.63) is 30.2 Å². The monoisotopic (exact) mass is 190 g/mol. The van der Waals surface area contributed by atoms with Gasteiger partial charge in [-0.1, -0.05) is 19.1 Å². The van der Waals surface area contributed by atoms with E-state index in [1.807, 2.05) is 24.3 Å². The second kappa shape index (κ2) is 3.80. The average Bonchev–Trinajstić information content (AvgIpc) is 2.59. The second-order valence-corrected chi connectivity index (χ2v) is 3.45. The molecule has 0 fully saturated rings. The summed E-state index contributed by atoms with van der Waals surface area (Å²) in [5.41, 5.74) is 7.57. The number of rotatable bonds is 3. The Bertz CT molecular complexity index is 389. The van der Waals surface area contributed by atoms with Crippen LogP contribution in [0.15, 0.2) is 28.7 Å². The predicted octanol–water partition coefficient (Wildman–Crippen LogP) is 2.11. The lowest BCUT2D eigenvalue weighted by Crippen LogP contribution is -2.21. The Kier molecular flexibility index (Phi) is 2.50. The van der Waals surface area contributed by atoms with Crippen LogP contribution in [-0.2, 0) is 6.42 Å². The Hall–Kier alpha value is -1.35. The van der Waals surface area contributed by atoms with Crippen LogP contribution in [0.25, 0.3) is 11.1 Å². The summed E-state index contributed by atoms with van der Waals surface area (Å²) in [5.74, 6) is 0.737. The molecule has 0 aliphatic heterocycles. The first kappa shape index (κ1) is 9.21. The maximum atomic E-state index is 5.83. The van der Waals surface area contributed by atoms with Crippen molar-refractivity contribution in [1.82, 2.24) is 4.98 Å². The molecule has 74 valence electrons. The van der Waals surface area contributed by atoms with Gasteiger partial charge in [-0.25, -0.2) is 4.98 Å². The Morgan fingerprint density at radius 1 is 1.43 bits per heavy atom. The highest BCUT2D eigenvalue weighted by Crippen LogP contribution is 2.15. The molecular weight excluding hydrogens is 176 g/mol. The first-order chi connectivity index (χ1) is 6.79. The summed E-state index contributed by atoms with van der Waals surface area (Å²) in [6.07, 6.45) is 1.66. The number of para-hydroxylation sites is 2. The Balaban J connectivity index is 2.27. The van der Waals surface area contributed by atoms with Gasteiger partial charge in [0.2, 0.25) is 0 Å². The van der Waals surface area contributed by atoms with Gasteiger partial charge in [0.15, 0.2) is 11.5 Å². The van der Waals surface area contributed by atoms with Gasteiger partial charge < -0.3 is 10.2 Å². The van der Waals surface area contributed by atoms with Crippen molar-refractivity contribution in [3.8, 4) is 0 Å². The number of hydrogen-bond donors (Lipinski definition) is 1. The van der Waals surface area contributed by atoms with Crippen LogP contribution < -0.4 is 5.73 Å².